The molecule has 100 valence electrons. The number of amides is 1. The third kappa shape index (κ3) is 4.37. The monoisotopic (exact) mass is 249 g/mol. The summed E-state index contributed by atoms with van der Waals surface area (Å²) in [7, 11) is 2.06. The molecule has 0 aliphatic carbocycles. The number of nitrogens with one attached hydrogen (secondary N) is 1. The second-order valence-electron chi connectivity index (χ2n) is 4.57. The van der Waals surface area contributed by atoms with E-state index in [0.717, 1.165) is 30.8 Å². The van der Waals surface area contributed by atoms with E-state index in [2.05, 4.69) is 24.2 Å². The average Bonchev–Trinajstić information content (AvgIpc) is 2.34. The normalized spacial score (nSPS) is 10.7. The van der Waals surface area contributed by atoms with Crippen LogP contribution in [0, 0.1) is 6.92 Å². The molecule has 0 radical (unpaired) electrons. The van der Waals surface area contributed by atoms with Crippen molar-refractivity contribution in [3.8, 4) is 0 Å². The number of rotatable bonds is 6. The molecule has 0 aliphatic heterocycles. The molecule has 4 nitrogen and oxygen atoms in total. The maximum Gasteiger partial charge on any atom is 0.224 e. The van der Waals surface area contributed by atoms with Gasteiger partial charge < -0.3 is 16.0 Å². The number of carbonyl (C=O) groups excluding carboxylic acids is 1. The predicted octanol–water partition coefficient (Wildman–Crippen LogP) is 2.25. The summed E-state index contributed by atoms with van der Waals surface area (Å²) in [5.41, 5.74) is 8.24. The molecule has 0 aromatic heterocycles. The van der Waals surface area contributed by atoms with Crippen molar-refractivity contribution >= 4 is 17.3 Å². The number of hydrogen-bond acceptors (Lipinski definition) is 3. The van der Waals surface area contributed by atoms with E-state index in [-0.39, 0.29) is 5.91 Å². The van der Waals surface area contributed by atoms with Crippen LogP contribution in [0.5, 0.6) is 0 Å². The minimum atomic E-state index is 0.0493. The maximum absolute atomic E-state index is 11.8. The summed E-state index contributed by atoms with van der Waals surface area (Å²) in [6, 6.07) is 5.56. The number of hydrogen-bond donors (Lipinski definition) is 2. The smallest absolute Gasteiger partial charge is 0.224 e. The third-order valence-corrected chi connectivity index (χ3v) is 3.13. The average molecular weight is 249 g/mol. The van der Waals surface area contributed by atoms with Crippen LogP contribution in [0.1, 0.15) is 25.3 Å². The number of carbonyl (C=O) groups is 1. The van der Waals surface area contributed by atoms with Crippen molar-refractivity contribution in [1.29, 1.82) is 0 Å². The minimum absolute atomic E-state index is 0.0493. The lowest BCUT2D eigenvalue weighted by molar-refractivity contribution is -0.116. The largest absolute Gasteiger partial charge is 0.398 e. The lowest BCUT2D eigenvalue weighted by atomic mass is 10.1. The van der Waals surface area contributed by atoms with E-state index in [1.807, 2.05) is 25.1 Å². The van der Waals surface area contributed by atoms with Gasteiger partial charge in [0.15, 0.2) is 0 Å². The predicted molar refractivity (Wildman–Crippen MR) is 76.6 cm³/mol. The highest BCUT2D eigenvalue weighted by molar-refractivity contribution is 5.92. The summed E-state index contributed by atoms with van der Waals surface area (Å²) in [6.07, 6.45) is 1.41. The topological polar surface area (TPSA) is 58.4 Å². The Hall–Kier alpha value is -1.55. The molecule has 1 amide bonds. The Bertz CT molecular complexity index is 404. The first kappa shape index (κ1) is 14.5. The molecule has 0 heterocycles. The summed E-state index contributed by atoms with van der Waals surface area (Å²) in [5, 5.41) is 2.91. The van der Waals surface area contributed by atoms with Crippen molar-refractivity contribution in [3.05, 3.63) is 23.8 Å². The molecule has 4 heteroatoms. The second kappa shape index (κ2) is 7.01. The van der Waals surface area contributed by atoms with Crippen molar-refractivity contribution in [1.82, 2.24) is 4.90 Å². The maximum atomic E-state index is 11.8. The fraction of sp³-hybridized carbons (Fsp3) is 0.500. The molecule has 1 aromatic carbocycles. The molecule has 0 aliphatic rings. The first-order valence-electron chi connectivity index (χ1n) is 6.38. The van der Waals surface area contributed by atoms with Crippen molar-refractivity contribution in [2.45, 2.75) is 26.7 Å². The summed E-state index contributed by atoms with van der Waals surface area (Å²) in [5.74, 6) is 0.0493. The van der Waals surface area contributed by atoms with Gasteiger partial charge in [0.05, 0.1) is 0 Å². The van der Waals surface area contributed by atoms with E-state index in [0.29, 0.717) is 12.1 Å². The second-order valence-corrected chi connectivity index (χ2v) is 4.57. The van der Waals surface area contributed by atoms with Gasteiger partial charge in [0, 0.05) is 17.8 Å². The van der Waals surface area contributed by atoms with E-state index < -0.39 is 0 Å². The standard InChI is InChI=1S/C14H23N3O/c1-4-17(3)10-6-9-14(18)16-13-8-5-7-12(15)11(13)2/h5,7-8H,4,6,9-10,15H2,1-3H3,(H,16,18). The molecule has 1 rings (SSSR count). The molecule has 18 heavy (non-hydrogen) atoms. The Labute approximate surface area is 109 Å². The first-order chi connectivity index (χ1) is 8.54. The fourth-order valence-electron chi connectivity index (χ4n) is 1.67. The molecule has 0 fully saturated rings. The van der Waals surface area contributed by atoms with Crippen LogP contribution in [-0.4, -0.2) is 30.9 Å². The number of benzene rings is 1. The SMILES string of the molecule is CCN(C)CCCC(=O)Nc1cccc(N)c1C. The van der Waals surface area contributed by atoms with Gasteiger partial charge in [-0.1, -0.05) is 13.0 Å². The summed E-state index contributed by atoms with van der Waals surface area (Å²) < 4.78 is 0. The number of nitrogens with zero attached hydrogens (tertiary/aromatic N) is 1. The van der Waals surface area contributed by atoms with Gasteiger partial charge in [0.2, 0.25) is 5.91 Å². The van der Waals surface area contributed by atoms with Crippen LogP contribution in [-0.2, 0) is 4.79 Å². The lowest BCUT2D eigenvalue weighted by Gasteiger charge is -2.13. The third-order valence-electron chi connectivity index (χ3n) is 3.13. The van der Waals surface area contributed by atoms with Gasteiger partial charge in [0.25, 0.3) is 0 Å². The zero-order valence-corrected chi connectivity index (χ0v) is 11.5. The van der Waals surface area contributed by atoms with Gasteiger partial charge in [-0.05, 0) is 51.2 Å². The zero-order valence-electron chi connectivity index (χ0n) is 11.5. The minimum Gasteiger partial charge on any atom is -0.398 e. The molecule has 0 unspecified atom stereocenters. The first-order valence-corrected chi connectivity index (χ1v) is 6.38. The highest BCUT2D eigenvalue weighted by Gasteiger charge is 2.06. The molecule has 0 spiro atoms. The summed E-state index contributed by atoms with van der Waals surface area (Å²) in [6.45, 7) is 5.97. The molecule has 3 N–H and O–H groups in total. The summed E-state index contributed by atoms with van der Waals surface area (Å²) >= 11 is 0. The zero-order chi connectivity index (χ0) is 13.5. The summed E-state index contributed by atoms with van der Waals surface area (Å²) in [4.78, 5) is 14.0. The molecule has 0 saturated carbocycles. The van der Waals surface area contributed by atoms with Crippen LogP contribution in [0.2, 0.25) is 0 Å². The van der Waals surface area contributed by atoms with Crippen LogP contribution in [0.3, 0.4) is 0 Å². The van der Waals surface area contributed by atoms with Crippen LogP contribution in [0.15, 0.2) is 18.2 Å². The van der Waals surface area contributed by atoms with Gasteiger partial charge in [-0.3, -0.25) is 4.79 Å². The quantitative estimate of drug-likeness (QED) is 0.760. The van der Waals surface area contributed by atoms with Crippen LogP contribution >= 0.6 is 0 Å². The molecular weight excluding hydrogens is 226 g/mol. The molecule has 0 saturated heterocycles. The molecule has 1 aromatic rings. The van der Waals surface area contributed by atoms with Gasteiger partial charge in [-0.2, -0.15) is 0 Å². The Morgan fingerprint density at radius 1 is 1.44 bits per heavy atom. The lowest BCUT2D eigenvalue weighted by Crippen LogP contribution is -2.21. The van der Waals surface area contributed by atoms with Crippen LogP contribution < -0.4 is 11.1 Å². The number of nitrogen functional groups attached to an aromatic ring is 1. The number of anilines is 2. The molecular formula is C14H23N3O. The Balaban J connectivity index is 2.43. The van der Waals surface area contributed by atoms with E-state index in [9.17, 15) is 4.79 Å². The van der Waals surface area contributed by atoms with E-state index in [1.54, 1.807) is 0 Å². The molecule has 0 atom stereocenters. The van der Waals surface area contributed by atoms with Gasteiger partial charge in [-0.25, -0.2) is 0 Å². The van der Waals surface area contributed by atoms with Crippen molar-refractivity contribution in [3.63, 3.8) is 0 Å². The van der Waals surface area contributed by atoms with Crippen LogP contribution in [0.4, 0.5) is 11.4 Å². The Morgan fingerprint density at radius 2 is 2.17 bits per heavy atom. The van der Waals surface area contributed by atoms with Crippen molar-refractivity contribution < 1.29 is 4.79 Å². The van der Waals surface area contributed by atoms with Gasteiger partial charge in [-0.15, -0.1) is 0 Å². The van der Waals surface area contributed by atoms with E-state index >= 15 is 0 Å². The van der Waals surface area contributed by atoms with E-state index in [4.69, 9.17) is 5.73 Å². The Morgan fingerprint density at radius 3 is 2.83 bits per heavy atom. The van der Waals surface area contributed by atoms with E-state index in [1.165, 1.54) is 0 Å². The van der Waals surface area contributed by atoms with Crippen molar-refractivity contribution in [2.75, 3.05) is 31.2 Å². The molecule has 0 bridgehead atoms. The van der Waals surface area contributed by atoms with Gasteiger partial charge >= 0.3 is 0 Å². The fourth-order valence-corrected chi connectivity index (χ4v) is 1.67. The Kier molecular flexibility index (Phi) is 5.65. The van der Waals surface area contributed by atoms with Crippen molar-refractivity contribution in [2.24, 2.45) is 0 Å². The highest BCUT2D eigenvalue weighted by atomic mass is 16.1. The number of nitrogens with two attached hydrogens (primary N) is 1. The highest BCUT2D eigenvalue weighted by Crippen LogP contribution is 2.20. The van der Waals surface area contributed by atoms with Crippen LogP contribution in [0.25, 0.3) is 0 Å². The van der Waals surface area contributed by atoms with Gasteiger partial charge in [0.1, 0.15) is 0 Å².